The zero-order chi connectivity index (χ0) is 13.5. The van der Waals surface area contributed by atoms with Crippen molar-refractivity contribution in [3.8, 4) is 0 Å². The molecule has 0 radical (unpaired) electrons. The number of rotatable bonds is 2. The molecule has 0 bridgehead atoms. The molecule has 2 aliphatic rings. The van der Waals surface area contributed by atoms with Crippen molar-refractivity contribution in [3.05, 3.63) is 35.9 Å². The quantitative estimate of drug-likeness (QED) is 0.858. The molecule has 3 rings (SSSR count). The summed E-state index contributed by atoms with van der Waals surface area (Å²) in [5.74, 6) is 0.827. The Bertz CT molecular complexity index is 444. The Labute approximate surface area is 115 Å². The van der Waals surface area contributed by atoms with Crippen LogP contribution in [0.25, 0.3) is 0 Å². The summed E-state index contributed by atoms with van der Waals surface area (Å²) in [4.78, 5) is 0. The summed E-state index contributed by atoms with van der Waals surface area (Å²) in [5.41, 5.74) is 0.255. The Kier molecular flexibility index (Phi) is 3.18. The zero-order valence-electron chi connectivity index (χ0n) is 11.7. The van der Waals surface area contributed by atoms with Crippen molar-refractivity contribution in [1.82, 2.24) is 0 Å². The maximum absolute atomic E-state index is 11.3. The van der Waals surface area contributed by atoms with Crippen LogP contribution in [0.15, 0.2) is 30.3 Å². The third-order valence-electron chi connectivity index (χ3n) is 5.91. The molecule has 1 aromatic rings. The predicted molar refractivity (Wildman–Crippen MR) is 75.6 cm³/mol. The first-order valence-electron chi connectivity index (χ1n) is 7.50. The van der Waals surface area contributed by atoms with Gasteiger partial charge in [-0.2, -0.15) is 0 Å². The number of aliphatic hydroxyl groups excluding tert-OH is 1. The third kappa shape index (κ3) is 1.77. The van der Waals surface area contributed by atoms with Gasteiger partial charge in [-0.3, -0.25) is 0 Å². The Balaban J connectivity index is 2.00. The van der Waals surface area contributed by atoms with E-state index in [0.717, 1.165) is 37.7 Å². The Morgan fingerprint density at radius 1 is 1.16 bits per heavy atom. The highest BCUT2D eigenvalue weighted by Gasteiger charge is 2.59. The fourth-order valence-electron chi connectivity index (χ4n) is 4.76. The van der Waals surface area contributed by atoms with Gasteiger partial charge in [-0.1, -0.05) is 43.7 Å². The topological polar surface area (TPSA) is 40.5 Å². The van der Waals surface area contributed by atoms with Gasteiger partial charge in [-0.05, 0) is 43.1 Å². The molecule has 2 aliphatic carbocycles. The molecular formula is C17H24O2. The van der Waals surface area contributed by atoms with Crippen molar-refractivity contribution < 1.29 is 10.2 Å². The molecule has 4 atom stereocenters. The van der Waals surface area contributed by atoms with Gasteiger partial charge < -0.3 is 10.2 Å². The number of benzene rings is 1. The van der Waals surface area contributed by atoms with Gasteiger partial charge in [0, 0.05) is 12.0 Å². The van der Waals surface area contributed by atoms with Gasteiger partial charge in [-0.25, -0.2) is 0 Å². The molecule has 2 N–H and O–H groups in total. The van der Waals surface area contributed by atoms with Crippen molar-refractivity contribution in [2.45, 2.75) is 44.6 Å². The molecule has 19 heavy (non-hydrogen) atoms. The van der Waals surface area contributed by atoms with E-state index >= 15 is 0 Å². The Morgan fingerprint density at radius 2 is 1.89 bits per heavy atom. The first-order chi connectivity index (χ1) is 9.12. The third-order valence-corrected chi connectivity index (χ3v) is 5.91. The molecule has 0 aliphatic heterocycles. The van der Waals surface area contributed by atoms with Crippen LogP contribution in [-0.4, -0.2) is 16.8 Å². The van der Waals surface area contributed by atoms with Crippen LogP contribution in [0.4, 0.5) is 0 Å². The molecule has 2 nitrogen and oxygen atoms in total. The number of hydrogen-bond donors (Lipinski definition) is 2. The Hall–Kier alpha value is -0.860. The normalized spacial score (nSPS) is 42.1. The molecule has 0 heterocycles. The van der Waals surface area contributed by atoms with Crippen molar-refractivity contribution in [2.75, 3.05) is 6.61 Å². The monoisotopic (exact) mass is 260 g/mol. The summed E-state index contributed by atoms with van der Waals surface area (Å²) in [6, 6.07) is 10.1. The lowest BCUT2D eigenvalue weighted by atomic mass is 9.58. The largest absolute Gasteiger partial charge is 0.396 e. The fourth-order valence-corrected chi connectivity index (χ4v) is 4.76. The molecule has 0 aromatic heterocycles. The highest BCUT2D eigenvalue weighted by Crippen LogP contribution is 2.62. The van der Waals surface area contributed by atoms with E-state index in [2.05, 4.69) is 19.1 Å². The van der Waals surface area contributed by atoms with Gasteiger partial charge in [-0.15, -0.1) is 0 Å². The van der Waals surface area contributed by atoms with Crippen LogP contribution in [0.1, 0.15) is 44.6 Å². The van der Waals surface area contributed by atoms with E-state index in [-0.39, 0.29) is 12.0 Å². The van der Waals surface area contributed by atoms with Crippen molar-refractivity contribution in [2.24, 2.45) is 17.3 Å². The minimum atomic E-state index is -0.716. The molecule has 0 amide bonds. The second kappa shape index (κ2) is 4.60. The molecular weight excluding hydrogens is 236 g/mol. The van der Waals surface area contributed by atoms with E-state index in [1.54, 1.807) is 0 Å². The molecule has 1 aromatic carbocycles. The van der Waals surface area contributed by atoms with E-state index in [1.165, 1.54) is 0 Å². The maximum atomic E-state index is 11.3. The molecule has 0 saturated heterocycles. The van der Waals surface area contributed by atoms with Crippen LogP contribution in [-0.2, 0) is 5.60 Å². The highest BCUT2D eigenvalue weighted by atomic mass is 16.3. The van der Waals surface area contributed by atoms with Crippen LogP contribution >= 0.6 is 0 Å². The average molecular weight is 260 g/mol. The molecule has 104 valence electrons. The van der Waals surface area contributed by atoms with E-state index < -0.39 is 5.60 Å². The van der Waals surface area contributed by atoms with Gasteiger partial charge >= 0.3 is 0 Å². The van der Waals surface area contributed by atoms with E-state index in [0.29, 0.717) is 11.8 Å². The van der Waals surface area contributed by atoms with Gasteiger partial charge in [0.05, 0.1) is 5.60 Å². The second-order valence-electron chi connectivity index (χ2n) is 6.62. The summed E-state index contributed by atoms with van der Waals surface area (Å²) in [6.45, 7) is 2.50. The van der Waals surface area contributed by atoms with Gasteiger partial charge in [0.25, 0.3) is 0 Å². The summed E-state index contributed by atoms with van der Waals surface area (Å²) >= 11 is 0. The first-order valence-corrected chi connectivity index (χ1v) is 7.50. The molecule has 2 heteroatoms. The first kappa shape index (κ1) is 13.1. The summed E-state index contributed by atoms with van der Waals surface area (Å²) in [5, 5.41) is 21.0. The average Bonchev–Trinajstić information content (AvgIpc) is 2.73. The van der Waals surface area contributed by atoms with Crippen LogP contribution in [0.3, 0.4) is 0 Å². The maximum Gasteiger partial charge on any atom is 0.0952 e. The van der Waals surface area contributed by atoms with Crippen LogP contribution in [0.5, 0.6) is 0 Å². The zero-order valence-corrected chi connectivity index (χ0v) is 11.7. The van der Waals surface area contributed by atoms with Crippen LogP contribution in [0.2, 0.25) is 0 Å². The van der Waals surface area contributed by atoms with Crippen molar-refractivity contribution >= 4 is 0 Å². The van der Waals surface area contributed by atoms with Crippen LogP contribution in [0, 0.1) is 17.3 Å². The number of fused-ring (bicyclic) bond motifs is 1. The van der Waals surface area contributed by atoms with E-state index in [4.69, 9.17) is 0 Å². The standard InChI is InChI=1S/C17H24O2/c1-16-10-5-6-13(12-18)15(16)9-11-17(16,19)14-7-3-2-4-8-14/h2-4,7-8,13,15,18-19H,5-6,9-12H2,1H3. The minimum Gasteiger partial charge on any atom is -0.396 e. The van der Waals surface area contributed by atoms with Crippen molar-refractivity contribution in [1.29, 1.82) is 0 Å². The molecule has 2 saturated carbocycles. The molecule has 0 spiro atoms. The number of hydrogen-bond acceptors (Lipinski definition) is 2. The van der Waals surface area contributed by atoms with E-state index in [1.807, 2.05) is 18.2 Å². The lowest BCUT2D eigenvalue weighted by Crippen LogP contribution is -2.47. The molecule has 4 unspecified atom stereocenters. The lowest BCUT2D eigenvalue weighted by molar-refractivity contribution is -0.107. The summed E-state index contributed by atoms with van der Waals surface area (Å²) in [7, 11) is 0. The SMILES string of the molecule is CC12CCCC(CO)C1CCC2(O)c1ccccc1. The predicted octanol–water partition coefficient (Wildman–Crippen LogP) is 3.08. The van der Waals surface area contributed by atoms with Crippen molar-refractivity contribution in [3.63, 3.8) is 0 Å². The minimum absolute atomic E-state index is 0.0833. The fraction of sp³-hybridized carbons (Fsp3) is 0.647. The second-order valence-corrected chi connectivity index (χ2v) is 6.62. The lowest BCUT2D eigenvalue weighted by Gasteiger charge is -2.49. The van der Waals surface area contributed by atoms with Gasteiger partial charge in [0.1, 0.15) is 0 Å². The number of aliphatic hydroxyl groups is 2. The van der Waals surface area contributed by atoms with E-state index in [9.17, 15) is 10.2 Å². The summed E-state index contributed by atoms with van der Waals surface area (Å²) in [6.07, 6.45) is 5.16. The van der Waals surface area contributed by atoms with Gasteiger partial charge in [0.2, 0.25) is 0 Å². The smallest absolute Gasteiger partial charge is 0.0952 e. The summed E-state index contributed by atoms with van der Waals surface area (Å²) < 4.78 is 0. The highest BCUT2D eigenvalue weighted by molar-refractivity contribution is 5.28. The molecule has 2 fully saturated rings. The Morgan fingerprint density at radius 3 is 2.58 bits per heavy atom. The van der Waals surface area contributed by atoms with Gasteiger partial charge in [0.15, 0.2) is 0 Å². The van der Waals surface area contributed by atoms with Crippen LogP contribution < -0.4 is 0 Å².